The summed E-state index contributed by atoms with van der Waals surface area (Å²) < 4.78 is 40.3. The average molecular weight is 431 g/mol. The number of hydrogen-bond donors (Lipinski definition) is 4. The first-order valence-electron chi connectivity index (χ1n) is 8.46. The Morgan fingerprint density at radius 1 is 1.43 bits per heavy atom. The Balaban J connectivity index is 1.72. The molecular formula is C16H20ClFN6O3S. The van der Waals surface area contributed by atoms with E-state index >= 15 is 0 Å². The van der Waals surface area contributed by atoms with E-state index in [1.54, 1.807) is 24.1 Å². The Morgan fingerprint density at radius 3 is 2.86 bits per heavy atom. The van der Waals surface area contributed by atoms with Gasteiger partial charge in [-0.2, -0.15) is 0 Å². The van der Waals surface area contributed by atoms with Crippen LogP contribution in [0.25, 0.3) is 11.3 Å². The van der Waals surface area contributed by atoms with Crippen molar-refractivity contribution >= 4 is 27.5 Å². The summed E-state index contributed by atoms with van der Waals surface area (Å²) in [6, 6.07) is 2.32. The van der Waals surface area contributed by atoms with Crippen LogP contribution in [0.15, 0.2) is 24.7 Å². The molecule has 1 fully saturated rings. The van der Waals surface area contributed by atoms with E-state index < -0.39 is 27.3 Å². The summed E-state index contributed by atoms with van der Waals surface area (Å²) in [5.74, 6) is -2.15. The van der Waals surface area contributed by atoms with E-state index in [0.717, 1.165) is 6.54 Å². The molecule has 0 aliphatic carbocycles. The Labute approximate surface area is 166 Å². The number of halogens is 2. The number of carbonyl (C=O) groups excluding carboxylic acids is 1. The van der Waals surface area contributed by atoms with Crippen LogP contribution in [0.2, 0.25) is 5.02 Å². The summed E-state index contributed by atoms with van der Waals surface area (Å²) in [6.45, 7) is 1.90. The lowest BCUT2D eigenvalue weighted by molar-refractivity contribution is 0.0941. The highest BCUT2D eigenvalue weighted by molar-refractivity contribution is 7.89. The number of sulfonamides is 1. The van der Waals surface area contributed by atoms with Gasteiger partial charge in [-0.15, -0.1) is 4.83 Å². The quantitative estimate of drug-likeness (QED) is 0.479. The van der Waals surface area contributed by atoms with Gasteiger partial charge < -0.3 is 15.2 Å². The molecular weight excluding hydrogens is 411 g/mol. The van der Waals surface area contributed by atoms with E-state index in [9.17, 15) is 17.6 Å². The second kappa shape index (κ2) is 8.53. The monoisotopic (exact) mass is 430 g/mol. The molecule has 0 saturated carbocycles. The Hall–Kier alpha value is -2.05. The number of benzene rings is 1. The maximum absolute atomic E-state index is 14.3. The average Bonchev–Trinajstić information content (AvgIpc) is 3.09. The highest BCUT2D eigenvalue weighted by Crippen LogP contribution is 2.27. The van der Waals surface area contributed by atoms with Crippen LogP contribution in [0.5, 0.6) is 0 Å². The highest BCUT2D eigenvalue weighted by atomic mass is 35.5. The van der Waals surface area contributed by atoms with Crippen LogP contribution < -0.4 is 20.9 Å². The van der Waals surface area contributed by atoms with Crippen LogP contribution in [0.1, 0.15) is 10.4 Å². The van der Waals surface area contributed by atoms with Gasteiger partial charge in [0.15, 0.2) is 5.82 Å². The summed E-state index contributed by atoms with van der Waals surface area (Å²) in [4.78, 5) is 18.5. The van der Waals surface area contributed by atoms with Crippen LogP contribution in [-0.2, 0) is 17.1 Å². The molecule has 1 amide bonds. The number of hydrazine groups is 1. The van der Waals surface area contributed by atoms with Crippen molar-refractivity contribution in [2.45, 2.75) is 6.04 Å². The highest BCUT2D eigenvalue weighted by Gasteiger charge is 2.23. The lowest BCUT2D eigenvalue weighted by Gasteiger charge is -2.24. The van der Waals surface area contributed by atoms with Gasteiger partial charge in [-0.05, 0) is 12.1 Å². The van der Waals surface area contributed by atoms with Gasteiger partial charge in [0.05, 0.1) is 28.4 Å². The van der Waals surface area contributed by atoms with E-state index in [0.29, 0.717) is 24.3 Å². The summed E-state index contributed by atoms with van der Waals surface area (Å²) >= 11 is 5.90. The van der Waals surface area contributed by atoms with Crippen LogP contribution in [0.3, 0.4) is 0 Å². The number of imidazole rings is 1. The van der Waals surface area contributed by atoms with E-state index in [-0.39, 0.29) is 16.8 Å². The zero-order valence-corrected chi connectivity index (χ0v) is 16.6. The second-order valence-electron chi connectivity index (χ2n) is 6.44. The van der Waals surface area contributed by atoms with Crippen molar-refractivity contribution in [2.75, 3.05) is 25.4 Å². The number of piperazine rings is 1. The number of nitrogens with one attached hydrogen (secondary N) is 4. The van der Waals surface area contributed by atoms with Crippen LogP contribution in [-0.4, -0.2) is 55.3 Å². The third-order valence-electron chi connectivity index (χ3n) is 4.14. The first kappa shape index (κ1) is 20.7. The number of hydrogen-bond acceptors (Lipinski definition) is 6. The predicted molar refractivity (Wildman–Crippen MR) is 103 cm³/mol. The molecule has 4 N–H and O–H groups in total. The summed E-state index contributed by atoms with van der Waals surface area (Å²) in [6.07, 6.45) is 3.23. The molecule has 1 unspecified atom stereocenters. The molecule has 1 aromatic heterocycles. The number of aromatic nitrogens is 2. The molecule has 1 saturated heterocycles. The van der Waals surface area contributed by atoms with Crippen molar-refractivity contribution in [1.29, 1.82) is 0 Å². The summed E-state index contributed by atoms with van der Waals surface area (Å²) in [5.41, 5.74) is 2.56. The van der Waals surface area contributed by atoms with Gasteiger partial charge in [0.1, 0.15) is 0 Å². The van der Waals surface area contributed by atoms with Crippen LogP contribution >= 0.6 is 11.6 Å². The number of nitrogens with zero attached hydrogens (tertiary/aromatic N) is 2. The fraction of sp³-hybridized carbons (Fsp3) is 0.375. The summed E-state index contributed by atoms with van der Waals surface area (Å²) in [7, 11) is -2.06. The Kier molecular flexibility index (Phi) is 6.30. The normalized spacial score (nSPS) is 17.5. The Bertz CT molecular complexity index is 975. The lowest BCUT2D eigenvalue weighted by atomic mass is 10.1. The van der Waals surface area contributed by atoms with Crippen LogP contribution in [0, 0.1) is 5.82 Å². The van der Waals surface area contributed by atoms with Crippen molar-refractivity contribution < 1.29 is 17.6 Å². The summed E-state index contributed by atoms with van der Waals surface area (Å²) in [5, 5.41) is 5.86. The van der Waals surface area contributed by atoms with Crippen molar-refractivity contribution in [3.8, 4) is 11.3 Å². The molecule has 1 aromatic carbocycles. The number of aryl methyl sites for hydroxylation is 1. The number of carbonyl (C=O) groups is 1. The van der Waals surface area contributed by atoms with E-state index in [4.69, 9.17) is 11.6 Å². The standard InChI is InChI=1S/C16H20ClFN6O3S/c1-24-7-14(21-9-24)10-4-12(15(18)13(17)5-10)16(25)22-23-28(26,27)8-11-6-19-2-3-20-11/h4-5,7,9,11,19-20,23H,2-3,6,8H2,1H3,(H,22,25). The van der Waals surface area contributed by atoms with Gasteiger partial charge >= 0.3 is 0 Å². The maximum atomic E-state index is 14.3. The van der Waals surface area contributed by atoms with Crippen LogP contribution in [0.4, 0.5) is 4.39 Å². The maximum Gasteiger partial charge on any atom is 0.269 e. The fourth-order valence-corrected chi connectivity index (χ4v) is 4.11. The number of rotatable bonds is 6. The van der Waals surface area contributed by atoms with Gasteiger partial charge in [-0.3, -0.25) is 10.2 Å². The molecule has 2 aromatic rings. The minimum Gasteiger partial charge on any atom is -0.340 e. The number of amides is 1. The minimum atomic E-state index is -3.82. The van der Waals surface area contributed by atoms with Crippen molar-refractivity contribution in [3.63, 3.8) is 0 Å². The van der Waals surface area contributed by atoms with Gasteiger partial charge in [0.2, 0.25) is 10.0 Å². The molecule has 1 aliphatic heterocycles. The van der Waals surface area contributed by atoms with E-state index in [2.05, 4.69) is 15.6 Å². The van der Waals surface area contributed by atoms with E-state index in [1.165, 1.54) is 12.1 Å². The second-order valence-corrected chi connectivity index (χ2v) is 8.61. The molecule has 9 nitrogen and oxygen atoms in total. The van der Waals surface area contributed by atoms with Crippen molar-refractivity contribution in [1.82, 2.24) is 30.4 Å². The molecule has 12 heteroatoms. The topological polar surface area (TPSA) is 117 Å². The third kappa shape index (κ3) is 5.06. The molecule has 152 valence electrons. The predicted octanol–water partition coefficient (Wildman–Crippen LogP) is 0.00520. The first-order valence-corrected chi connectivity index (χ1v) is 10.5. The third-order valence-corrected chi connectivity index (χ3v) is 5.67. The lowest BCUT2D eigenvalue weighted by Crippen LogP contribution is -2.54. The molecule has 1 aliphatic rings. The van der Waals surface area contributed by atoms with Gasteiger partial charge in [0, 0.05) is 44.5 Å². The smallest absolute Gasteiger partial charge is 0.269 e. The van der Waals surface area contributed by atoms with Gasteiger partial charge in [-0.1, -0.05) is 11.6 Å². The van der Waals surface area contributed by atoms with Crippen molar-refractivity contribution in [3.05, 3.63) is 41.1 Å². The zero-order valence-electron chi connectivity index (χ0n) is 15.0. The van der Waals surface area contributed by atoms with Gasteiger partial charge in [-0.25, -0.2) is 17.8 Å². The molecule has 1 atom stereocenters. The zero-order chi connectivity index (χ0) is 20.3. The van der Waals surface area contributed by atoms with E-state index in [1.807, 2.05) is 10.3 Å². The molecule has 0 spiro atoms. The SMILES string of the molecule is Cn1cnc(-c2cc(Cl)c(F)c(C(=O)NNS(=O)(=O)CC3CNCCN3)c2)c1. The molecule has 3 rings (SSSR count). The van der Waals surface area contributed by atoms with Gasteiger partial charge in [0.25, 0.3) is 5.91 Å². The van der Waals surface area contributed by atoms with Crippen molar-refractivity contribution in [2.24, 2.45) is 7.05 Å². The molecule has 0 radical (unpaired) electrons. The first-order chi connectivity index (χ1) is 13.2. The molecule has 0 bridgehead atoms. The minimum absolute atomic E-state index is 0.239. The largest absolute Gasteiger partial charge is 0.340 e. The molecule has 28 heavy (non-hydrogen) atoms. The Morgan fingerprint density at radius 2 is 2.21 bits per heavy atom. The molecule has 2 heterocycles. The fourth-order valence-electron chi connectivity index (χ4n) is 2.79.